The van der Waals surface area contributed by atoms with E-state index in [1.807, 2.05) is 18.0 Å². The summed E-state index contributed by atoms with van der Waals surface area (Å²) in [6.07, 6.45) is 5.02. The van der Waals surface area contributed by atoms with Crippen molar-refractivity contribution >= 4 is 11.8 Å². The number of rotatable bonds is 3. The first-order valence-electron chi connectivity index (χ1n) is 6.10. The van der Waals surface area contributed by atoms with Crippen molar-refractivity contribution in [1.29, 1.82) is 0 Å². The molecule has 88 valence electrons. The SMILES string of the molecule is CCc1nccn1CC1CSc2ccccc21. The Kier molecular flexibility index (Phi) is 2.93. The molecule has 2 aromatic rings. The number of hydrogen-bond donors (Lipinski definition) is 0. The number of thioether (sulfide) groups is 1. The van der Waals surface area contributed by atoms with E-state index in [0.717, 1.165) is 13.0 Å². The molecule has 1 atom stereocenters. The molecule has 3 heteroatoms. The lowest BCUT2D eigenvalue weighted by Gasteiger charge is -2.13. The average Bonchev–Trinajstić information content (AvgIpc) is 2.97. The van der Waals surface area contributed by atoms with Gasteiger partial charge in [-0.15, -0.1) is 11.8 Å². The van der Waals surface area contributed by atoms with Crippen LogP contribution in [0.5, 0.6) is 0 Å². The number of benzene rings is 1. The fourth-order valence-corrected chi connectivity index (χ4v) is 3.68. The average molecular weight is 244 g/mol. The molecule has 1 aliphatic rings. The molecule has 0 fully saturated rings. The Balaban J connectivity index is 1.84. The molecule has 1 aliphatic heterocycles. The normalized spacial score (nSPS) is 18.3. The van der Waals surface area contributed by atoms with Gasteiger partial charge in [-0.3, -0.25) is 0 Å². The molecule has 2 heterocycles. The van der Waals surface area contributed by atoms with Crippen molar-refractivity contribution in [2.75, 3.05) is 5.75 Å². The van der Waals surface area contributed by atoms with Crippen molar-refractivity contribution in [1.82, 2.24) is 9.55 Å². The summed E-state index contributed by atoms with van der Waals surface area (Å²) >= 11 is 1.98. The summed E-state index contributed by atoms with van der Waals surface area (Å²) in [7, 11) is 0. The maximum atomic E-state index is 4.39. The van der Waals surface area contributed by atoms with Crippen LogP contribution in [0.2, 0.25) is 0 Å². The Morgan fingerprint density at radius 1 is 1.41 bits per heavy atom. The fourth-order valence-electron chi connectivity index (χ4n) is 2.44. The van der Waals surface area contributed by atoms with Crippen LogP contribution in [0.3, 0.4) is 0 Å². The van der Waals surface area contributed by atoms with Crippen LogP contribution in [-0.4, -0.2) is 15.3 Å². The lowest BCUT2D eigenvalue weighted by molar-refractivity contribution is 0.582. The van der Waals surface area contributed by atoms with E-state index < -0.39 is 0 Å². The van der Waals surface area contributed by atoms with Crippen molar-refractivity contribution in [3.05, 3.63) is 48.0 Å². The van der Waals surface area contributed by atoms with Crippen LogP contribution >= 0.6 is 11.8 Å². The molecule has 17 heavy (non-hydrogen) atoms. The smallest absolute Gasteiger partial charge is 0.108 e. The lowest BCUT2D eigenvalue weighted by atomic mass is 10.0. The summed E-state index contributed by atoms with van der Waals surface area (Å²) in [4.78, 5) is 5.84. The van der Waals surface area contributed by atoms with E-state index in [-0.39, 0.29) is 0 Å². The van der Waals surface area contributed by atoms with Crippen LogP contribution in [0.1, 0.15) is 24.2 Å². The Labute approximate surface area is 106 Å². The first-order valence-corrected chi connectivity index (χ1v) is 7.08. The molecule has 1 aromatic heterocycles. The molecular formula is C14H16N2S. The van der Waals surface area contributed by atoms with E-state index in [1.165, 1.54) is 22.0 Å². The second-order valence-electron chi connectivity index (χ2n) is 4.40. The molecule has 0 aliphatic carbocycles. The minimum atomic E-state index is 0.635. The van der Waals surface area contributed by atoms with Gasteiger partial charge in [0.2, 0.25) is 0 Å². The van der Waals surface area contributed by atoms with Crippen LogP contribution in [0.4, 0.5) is 0 Å². The molecule has 0 N–H and O–H groups in total. The Hall–Kier alpha value is -1.22. The zero-order chi connectivity index (χ0) is 11.7. The number of aromatic nitrogens is 2. The number of hydrogen-bond acceptors (Lipinski definition) is 2. The number of nitrogens with zero attached hydrogens (tertiary/aromatic N) is 2. The third-order valence-electron chi connectivity index (χ3n) is 3.33. The van der Waals surface area contributed by atoms with Gasteiger partial charge in [-0.05, 0) is 11.6 Å². The van der Waals surface area contributed by atoms with Gasteiger partial charge in [0.1, 0.15) is 5.82 Å². The van der Waals surface area contributed by atoms with E-state index in [9.17, 15) is 0 Å². The van der Waals surface area contributed by atoms with Gasteiger partial charge in [0, 0.05) is 41.9 Å². The molecular weight excluding hydrogens is 228 g/mol. The second kappa shape index (κ2) is 4.57. The monoisotopic (exact) mass is 244 g/mol. The van der Waals surface area contributed by atoms with E-state index in [4.69, 9.17) is 0 Å². The Morgan fingerprint density at radius 3 is 3.18 bits per heavy atom. The van der Waals surface area contributed by atoms with Gasteiger partial charge in [0.15, 0.2) is 0 Å². The molecule has 0 radical (unpaired) electrons. The minimum absolute atomic E-state index is 0.635. The quantitative estimate of drug-likeness (QED) is 0.824. The maximum absolute atomic E-state index is 4.39. The maximum Gasteiger partial charge on any atom is 0.108 e. The van der Waals surface area contributed by atoms with Crippen LogP contribution in [0.25, 0.3) is 0 Å². The predicted molar refractivity (Wildman–Crippen MR) is 71.5 cm³/mol. The van der Waals surface area contributed by atoms with E-state index >= 15 is 0 Å². The zero-order valence-corrected chi connectivity index (χ0v) is 10.8. The zero-order valence-electron chi connectivity index (χ0n) is 9.97. The van der Waals surface area contributed by atoms with Gasteiger partial charge in [0.05, 0.1) is 0 Å². The molecule has 0 saturated heterocycles. The third-order valence-corrected chi connectivity index (χ3v) is 4.59. The number of aryl methyl sites for hydroxylation is 1. The molecule has 3 rings (SSSR count). The summed E-state index contributed by atoms with van der Waals surface area (Å²) in [6.45, 7) is 3.23. The van der Waals surface area contributed by atoms with Gasteiger partial charge < -0.3 is 4.57 Å². The van der Waals surface area contributed by atoms with Crippen molar-refractivity contribution in [2.45, 2.75) is 30.7 Å². The third kappa shape index (κ3) is 2.00. The molecule has 0 amide bonds. The van der Waals surface area contributed by atoms with Gasteiger partial charge in [0.25, 0.3) is 0 Å². The standard InChI is InChI=1S/C14H16N2S/c1-2-14-15-7-8-16(14)9-11-10-17-13-6-4-3-5-12(11)13/h3-8,11H,2,9-10H2,1H3. The summed E-state index contributed by atoms with van der Waals surface area (Å²) in [5, 5.41) is 0. The highest BCUT2D eigenvalue weighted by Gasteiger charge is 2.23. The van der Waals surface area contributed by atoms with Crippen molar-refractivity contribution in [2.24, 2.45) is 0 Å². The minimum Gasteiger partial charge on any atom is -0.334 e. The second-order valence-corrected chi connectivity index (χ2v) is 5.46. The largest absolute Gasteiger partial charge is 0.334 e. The highest BCUT2D eigenvalue weighted by Crippen LogP contribution is 2.40. The number of fused-ring (bicyclic) bond motifs is 1. The molecule has 1 unspecified atom stereocenters. The predicted octanol–water partition coefficient (Wildman–Crippen LogP) is 3.34. The first-order chi connectivity index (χ1) is 8.38. The number of imidazole rings is 1. The van der Waals surface area contributed by atoms with Gasteiger partial charge >= 0.3 is 0 Å². The lowest BCUT2D eigenvalue weighted by Crippen LogP contribution is -2.10. The van der Waals surface area contributed by atoms with E-state index in [0.29, 0.717) is 5.92 Å². The topological polar surface area (TPSA) is 17.8 Å². The van der Waals surface area contributed by atoms with Gasteiger partial charge in [-0.1, -0.05) is 25.1 Å². The summed E-state index contributed by atoms with van der Waals surface area (Å²) in [5.41, 5.74) is 1.51. The first kappa shape index (κ1) is 10.9. The highest BCUT2D eigenvalue weighted by molar-refractivity contribution is 7.99. The van der Waals surface area contributed by atoms with Crippen LogP contribution in [0, 0.1) is 0 Å². The van der Waals surface area contributed by atoms with E-state index in [1.54, 1.807) is 0 Å². The highest BCUT2D eigenvalue weighted by atomic mass is 32.2. The molecule has 2 nitrogen and oxygen atoms in total. The summed E-state index contributed by atoms with van der Waals surface area (Å²) < 4.78 is 2.30. The van der Waals surface area contributed by atoms with Crippen molar-refractivity contribution in [3.8, 4) is 0 Å². The molecule has 0 saturated carbocycles. The summed E-state index contributed by atoms with van der Waals surface area (Å²) in [6, 6.07) is 8.77. The van der Waals surface area contributed by atoms with Gasteiger partial charge in [-0.25, -0.2) is 4.98 Å². The Morgan fingerprint density at radius 2 is 2.29 bits per heavy atom. The molecule has 0 bridgehead atoms. The van der Waals surface area contributed by atoms with Crippen LogP contribution < -0.4 is 0 Å². The molecule has 1 aromatic carbocycles. The van der Waals surface area contributed by atoms with Crippen LogP contribution in [-0.2, 0) is 13.0 Å². The van der Waals surface area contributed by atoms with E-state index in [2.05, 4.69) is 46.9 Å². The fraction of sp³-hybridized carbons (Fsp3) is 0.357. The van der Waals surface area contributed by atoms with Crippen molar-refractivity contribution < 1.29 is 0 Å². The van der Waals surface area contributed by atoms with Gasteiger partial charge in [-0.2, -0.15) is 0 Å². The Bertz CT molecular complexity index is 518. The molecule has 0 spiro atoms. The van der Waals surface area contributed by atoms with Crippen molar-refractivity contribution in [3.63, 3.8) is 0 Å². The van der Waals surface area contributed by atoms with Crippen LogP contribution in [0.15, 0.2) is 41.6 Å². The summed E-state index contributed by atoms with van der Waals surface area (Å²) in [5.74, 6) is 3.02.